The summed E-state index contributed by atoms with van der Waals surface area (Å²) in [6.07, 6.45) is -1.41. The van der Waals surface area contributed by atoms with Crippen LogP contribution in [0.2, 0.25) is 0 Å². The van der Waals surface area contributed by atoms with E-state index < -0.39 is 29.8 Å². The van der Waals surface area contributed by atoms with E-state index in [-0.39, 0.29) is 6.61 Å². The van der Waals surface area contributed by atoms with Crippen LogP contribution in [0, 0.1) is 0 Å². The van der Waals surface area contributed by atoms with Crippen molar-refractivity contribution in [3.63, 3.8) is 0 Å². The maximum absolute atomic E-state index is 11.7. The second-order valence-electron chi connectivity index (χ2n) is 6.15. The van der Waals surface area contributed by atoms with Crippen molar-refractivity contribution >= 4 is 12.1 Å². The number of amides is 1. The number of aliphatic carboxylic acids is 1. The van der Waals surface area contributed by atoms with Gasteiger partial charge in [-0.25, -0.2) is 9.59 Å². The van der Waals surface area contributed by atoms with Crippen LogP contribution in [0.25, 0.3) is 0 Å². The van der Waals surface area contributed by atoms with Crippen molar-refractivity contribution in [2.45, 2.75) is 45.4 Å². The van der Waals surface area contributed by atoms with Crippen molar-refractivity contribution in [1.82, 2.24) is 5.32 Å². The zero-order valence-corrected chi connectivity index (χ0v) is 13.7. The van der Waals surface area contributed by atoms with Crippen LogP contribution < -0.4 is 10.1 Å². The van der Waals surface area contributed by atoms with Gasteiger partial charge in [0.25, 0.3) is 0 Å². The molecule has 1 aromatic carbocycles. The Hall–Kier alpha value is -2.28. The third-order valence-electron chi connectivity index (χ3n) is 2.61. The Labute approximate surface area is 135 Å². The second kappa shape index (κ2) is 7.82. The molecule has 1 unspecified atom stereocenters. The molecular formula is C16H23NO6. The standard InChI is InChI=1S/C16H23NO6/c1-10(18)9-22-12-7-5-11(6-8-12)13(14(19)20)17-15(21)23-16(2,3)4/h5-8,10,13,18H,9H2,1-4H3,(H,17,21)(H,19,20)/t10-,13?/m1/s1. The van der Waals surface area contributed by atoms with Crippen LogP contribution in [0.15, 0.2) is 24.3 Å². The SMILES string of the molecule is C[C@@H](O)COc1ccc(C(NC(=O)OC(C)(C)C)C(=O)O)cc1. The largest absolute Gasteiger partial charge is 0.491 e. The van der Waals surface area contributed by atoms with Gasteiger partial charge in [0.15, 0.2) is 6.04 Å². The van der Waals surface area contributed by atoms with Gasteiger partial charge in [0.1, 0.15) is 18.0 Å². The van der Waals surface area contributed by atoms with Gasteiger partial charge in [-0.05, 0) is 45.4 Å². The van der Waals surface area contributed by atoms with Crippen LogP contribution in [-0.2, 0) is 9.53 Å². The van der Waals surface area contributed by atoms with Crippen molar-refractivity contribution in [3.8, 4) is 5.75 Å². The molecule has 0 saturated carbocycles. The molecule has 7 heteroatoms. The average molecular weight is 325 g/mol. The molecule has 1 amide bonds. The minimum Gasteiger partial charge on any atom is -0.491 e. The molecule has 0 fully saturated rings. The highest BCUT2D eigenvalue weighted by Crippen LogP contribution is 2.19. The van der Waals surface area contributed by atoms with Gasteiger partial charge in [0.05, 0.1) is 6.10 Å². The molecule has 7 nitrogen and oxygen atoms in total. The van der Waals surface area contributed by atoms with Gasteiger partial charge >= 0.3 is 12.1 Å². The fourth-order valence-electron chi connectivity index (χ4n) is 1.69. The van der Waals surface area contributed by atoms with Gasteiger partial charge < -0.3 is 25.0 Å². The lowest BCUT2D eigenvalue weighted by Gasteiger charge is -2.22. The van der Waals surface area contributed by atoms with Gasteiger partial charge in [0, 0.05) is 0 Å². The summed E-state index contributed by atoms with van der Waals surface area (Å²) in [5, 5.41) is 20.8. The Morgan fingerprint density at radius 2 is 1.78 bits per heavy atom. The first-order valence-electron chi connectivity index (χ1n) is 7.21. The Morgan fingerprint density at radius 1 is 1.22 bits per heavy atom. The summed E-state index contributed by atoms with van der Waals surface area (Å²) in [5.41, 5.74) is -0.334. The number of carbonyl (C=O) groups excluding carboxylic acids is 1. The van der Waals surface area contributed by atoms with Crippen molar-refractivity contribution in [2.75, 3.05) is 6.61 Å². The molecule has 0 heterocycles. The second-order valence-corrected chi connectivity index (χ2v) is 6.15. The van der Waals surface area contributed by atoms with Crippen molar-refractivity contribution in [2.24, 2.45) is 0 Å². The van der Waals surface area contributed by atoms with Crippen molar-refractivity contribution in [1.29, 1.82) is 0 Å². The summed E-state index contributed by atoms with van der Waals surface area (Å²) < 4.78 is 10.4. The highest BCUT2D eigenvalue weighted by Gasteiger charge is 2.25. The van der Waals surface area contributed by atoms with Crippen molar-refractivity contribution in [3.05, 3.63) is 29.8 Å². The highest BCUT2D eigenvalue weighted by molar-refractivity contribution is 5.81. The first kappa shape index (κ1) is 18.8. The first-order valence-corrected chi connectivity index (χ1v) is 7.21. The van der Waals surface area contributed by atoms with Gasteiger partial charge in [-0.15, -0.1) is 0 Å². The molecule has 0 radical (unpaired) electrons. The number of nitrogens with one attached hydrogen (secondary N) is 1. The third-order valence-corrected chi connectivity index (χ3v) is 2.61. The quantitative estimate of drug-likeness (QED) is 0.740. The number of aliphatic hydroxyl groups excluding tert-OH is 1. The molecule has 0 spiro atoms. The molecule has 1 aromatic rings. The van der Waals surface area contributed by atoms with E-state index in [4.69, 9.17) is 14.6 Å². The van der Waals surface area contributed by atoms with Gasteiger partial charge in [-0.3, -0.25) is 0 Å². The number of carbonyl (C=O) groups is 2. The molecule has 0 aliphatic carbocycles. The maximum Gasteiger partial charge on any atom is 0.408 e. The molecule has 0 bridgehead atoms. The Balaban J connectivity index is 2.78. The van der Waals surface area contributed by atoms with Crippen molar-refractivity contribution < 1.29 is 29.3 Å². The maximum atomic E-state index is 11.7. The van der Waals surface area contributed by atoms with E-state index >= 15 is 0 Å². The number of aliphatic hydroxyl groups is 1. The summed E-state index contributed by atoms with van der Waals surface area (Å²) in [6.45, 7) is 6.81. The zero-order valence-electron chi connectivity index (χ0n) is 13.7. The van der Waals surface area contributed by atoms with Crippen LogP contribution >= 0.6 is 0 Å². The molecule has 2 atom stereocenters. The van der Waals surface area contributed by atoms with E-state index in [1.165, 1.54) is 12.1 Å². The van der Waals surface area contributed by atoms with E-state index in [0.717, 1.165) is 0 Å². The lowest BCUT2D eigenvalue weighted by molar-refractivity contribution is -0.139. The summed E-state index contributed by atoms with van der Waals surface area (Å²) in [7, 11) is 0. The van der Waals surface area contributed by atoms with E-state index in [0.29, 0.717) is 11.3 Å². The zero-order chi connectivity index (χ0) is 17.6. The molecule has 0 aromatic heterocycles. The molecule has 0 saturated heterocycles. The fourth-order valence-corrected chi connectivity index (χ4v) is 1.69. The number of hydrogen-bond acceptors (Lipinski definition) is 5. The minimum absolute atomic E-state index is 0.137. The Kier molecular flexibility index (Phi) is 6.38. The molecule has 128 valence electrons. The number of rotatable bonds is 6. The Bertz CT molecular complexity index is 532. The first-order chi connectivity index (χ1) is 10.6. The molecule has 23 heavy (non-hydrogen) atoms. The van der Waals surface area contributed by atoms with E-state index in [1.807, 2.05) is 0 Å². The molecule has 0 aliphatic heterocycles. The number of benzene rings is 1. The monoisotopic (exact) mass is 325 g/mol. The molecule has 3 N–H and O–H groups in total. The Morgan fingerprint density at radius 3 is 2.22 bits per heavy atom. The number of hydrogen-bond donors (Lipinski definition) is 3. The topological polar surface area (TPSA) is 105 Å². The minimum atomic E-state index is -1.23. The normalized spacial score (nSPS) is 13.8. The number of alkyl carbamates (subject to hydrolysis) is 1. The molecule has 0 aliphatic rings. The van der Waals surface area contributed by atoms with Gasteiger partial charge in [-0.2, -0.15) is 0 Å². The van der Waals surface area contributed by atoms with E-state index in [9.17, 15) is 14.7 Å². The molecule has 1 rings (SSSR count). The summed E-state index contributed by atoms with van der Waals surface area (Å²) in [6, 6.07) is 4.99. The average Bonchev–Trinajstić information content (AvgIpc) is 2.41. The van der Waals surface area contributed by atoms with E-state index in [2.05, 4.69) is 5.32 Å². The van der Waals surface area contributed by atoms with Gasteiger partial charge in [-0.1, -0.05) is 12.1 Å². The van der Waals surface area contributed by atoms with Crippen LogP contribution in [0.3, 0.4) is 0 Å². The summed E-state index contributed by atoms with van der Waals surface area (Å²) in [4.78, 5) is 23.1. The fraction of sp³-hybridized carbons (Fsp3) is 0.500. The number of carboxylic acid groups (broad SMARTS) is 1. The third kappa shape index (κ3) is 7.01. The predicted octanol–water partition coefficient (Wildman–Crippen LogP) is 2.10. The van der Waals surface area contributed by atoms with Crippen LogP contribution in [0.4, 0.5) is 4.79 Å². The van der Waals surface area contributed by atoms with Crippen LogP contribution in [0.5, 0.6) is 5.75 Å². The number of ether oxygens (including phenoxy) is 2. The lowest BCUT2D eigenvalue weighted by atomic mass is 10.1. The van der Waals surface area contributed by atoms with Crippen LogP contribution in [-0.4, -0.2) is 40.6 Å². The summed E-state index contributed by atoms with van der Waals surface area (Å²) >= 11 is 0. The van der Waals surface area contributed by atoms with E-state index in [1.54, 1.807) is 39.8 Å². The highest BCUT2D eigenvalue weighted by atomic mass is 16.6. The molecular weight excluding hydrogens is 302 g/mol. The predicted molar refractivity (Wildman–Crippen MR) is 83.4 cm³/mol. The van der Waals surface area contributed by atoms with Gasteiger partial charge in [0.2, 0.25) is 0 Å². The smallest absolute Gasteiger partial charge is 0.408 e. The lowest BCUT2D eigenvalue weighted by Crippen LogP contribution is -2.38. The van der Waals surface area contributed by atoms with Crippen LogP contribution in [0.1, 0.15) is 39.3 Å². The summed E-state index contributed by atoms with van der Waals surface area (Å²) in [5.74, 6) is -0.704. The number of carboxylic acids is 1.